The quantitative estimate of drug-likeness (QED) is 0.179. The lowest BCUT2D eigenvalue weighted by Gasteiger charge is -2.37. The zero-order chi connectivity index (χ0) is 24.5. The Balaban J connectivity index is 1.93. The number of benzene rings is 1. The fourth-order valence-corrected chi connectivity index (χ4v) is 4.26. The van der Waals surface area contributed by atoms with Crippen LogP contribution in [0.25, 0.3) is 0 Å². The lowest BCUT2D eigenvalue weighted by atomic mass is 10.0. The number of halogens is 2. The first-order valence-electron chi connectivity index (χ1n) is 10.9. The number of piperazine rings is 1. The van der Waals surface area contributed by atoms with E-state index in [1.807, 2.05) is 19.9 Å². The summed E-state index contributed by atoms with van der Waals surface area (Å²) in [4.78, 5) is 28.0. The molecule has 0 N–H and O–H groups in total. The van der Waals surface area contributed by atoms with Gasteiger partial charge in [-0.1, -0.05) is 36.2 Å². The van der Waals surface area contributed by atoms with Gasteiger partial charge in [0.05, 0.1) is 29.9 Å². The number of nitrogens with zero attached hydrogens (tertiary/aromatic N) is 3. The van der Waals surface area contributed by atoms with Crippen LogP contribution in [0.4, 0.5) is 5.69 Å². The Morgan fingerprint density at radius 3 is 2.36 bits per heavy atom. The van der Waals surface area contributed by atoms with Gasteiger partial charge in [0.1, 0.15) is 0 Å². The number of methoxy groups -OCH3 is 2. The number of nitro groups is 1. The average Bonchev–Trinajstić information content (AvgIpc) is 2.83. The number of ketones is 1. The summed E-state index contributed by atoms with van der Waals surface area (Å²) in [5, 5.41) is 12.6. The van der Waals surface area contributed by atoms with E-state index in [-0.39, 0.29) is 35.0 Å². The molecule has 1 aliphatic rings. The van der Waals surface area contributed by atoms with Crippen LogP contribution in [0.1, 0.15) is 43.5 Å². The molecular weight excluding hydrogens is 469 g/mol. The molecule has 0 spiro atoms. The van der Waals surface area contributed by atoms with Crippen molar-refractivity contribution in [1.82, 2.24) is 9.80 Å². The molecule has 0 bridgehead atoms. The first kappa shape index (κ1) is 27.0. The minimum atomic E-state index is -0.578. The lowest BCUT2D eigenvalue weighted by Crippen LogP contribution is -2.46. The third kappa shape index (κ3) is 6.85. The molecule has 1 aromatic carbocycles. The highest BCUT2D eigenvalue weighted by Gasteiger charge is 2.24. The molecule has 0 aromatic heterocycles. The smallest absolute Gasteiger partial charge is 0.315 e. The number of rotatable bonds is 11. The van der Waals surface area contributed by atoms with E-state index in [4.69, 9.17) is 32.7 Å². The van der Waals surface area contributed by atoms with Gasteiger partial charge >= 0.3 is 5.69 Å². The van der Waals surface area contributed by atoms with Crippen molar-refractivity contribution in [2.75, 3.05) is 46.9 Å². The molecule has 0 amide bonds. The predicted octanol–water partition coefficient (Wildman–Crippen LogP) is 5.20. The molecule has 1 aliphatic heterocycles. The Kier molecular flexibility index (Phi) is 10.5. The molecule has 182 valence electrons. The number of carbonyl (C=O) groups is 1. The summed E-state index contributed by atoms with van der Waals surface area (Å²) in [6.45, 7) is 8.02. The molecule has 1 saturated heterocycles. The molecule has 8 nitrogen and oxygen atoms in total. The molecule has 0 saturated carbocycles. The fraction of sp³-hybridized carbons (Fsp3) is 0.522. The number of hydrogen-bond donors (Lipinski definition) is 0. The fourth-order valence-electron chi connectivity index (χ4n) is 3.80. The molecule has 0 radical (unpaired) electrons. The van der Waals surface area contributed by atoms with Gasteiger partial charge < -0.3 is 14.4 Å². The van der Waals surface area contributed by atoms with Crippen molar-refractivity contribution < 1.29 is 19.2 Å². The number of hydrogen-bond acceptors (Lipinski definition) is 7. The zero-order valence-corrected chi connectivity index (χ0v) is 21.0. The molecule has 33 heavy (non-hydrogen) atoms. The topological polar surface area (TPSA) is 85.2 Å². The lowest BCUT2D eigenvalue weighted by molar-refractivity contribution is -0.385. The van der Waals surface area contributed by atoms with Crippen molar-refractivity contribution >= 4 is 34.7 Å². The third-order valence-corrected chi connectivity index (χ3v) is 6.59. The highest BCUT2D eigenvalue weighted by atomic mass is 35.5. The minimum absolute atomic E-state index is 0.00703. The van der Waals surface area contributed by atoms with Crippen molar-refractivity contribution in [3.8, 4) is 11.5 Å². The second-order valence-corrected chi connectivity index (χ2v) is 8.42. The van der Waals surface area contributed by atoms with Gasteiger partial charge in [0.2, 0.25) is 5.75 Å². The van der Waals surface area contributed by atoms with Gasteiger partial charge in [0.25, 0.3) is 0 Å². The van der Waals surface area contributed by atoms with Crippen LogP contribution in [0, 0.1) is 10.1 Å². The molecule has 1 aromatic rings. The van der Waals surface area contributed by atoms with Crippen LogP contribution in [-0.2, 0) is 0 Å². The standard InChI is InChI=1S/C23H31Cl2N3O5/c1-5-17(24)22(25)18(6-2)27-12-10-26(11-13-27)9-7-8-20(29)16-14-19(28(30)31)23(33-4)21(15-16)32-3/h6,14-15H,5,7-13H2,1-4H3/b18-6+,22-17-. The van der Waals surface area contributed by atoms with E-state index in [1.165, 1.54) is 26.4 Å². The van der Waals surface area contributed by atoms with Crippen LogP contribution in [-0.4, -0.2) is 67.4 Å². The molecule has 10 heteroatoms. The van der Waals surface area contributed by atoms with E-state index in [0.29, 0.717) is 22.9 Å². The molecule has 0 aliphatic carbocycles. The summed E-state index contributed by atoms with van der Waals surface area (Å²) in [6.07, 6.45) is 3.61. The van der Waals surface area contributed by atoms with E-state index in [1.54, 1.807) is 0 Å². The van der Waals surface area contributed by atoms with Crippen LogP contribution >= 0.6 is 23.2 Å². The van der Waals surface area contributed by atoms with Crippen LogP contribution < -0.4 is 9.47 Å². The maximum absolute atomic E-state index is 12.7. The predicted molar refractivity (Wildman–Crippen MR) is 131 cm³/mol. The SMILES string of the molecule is C/C=C(\C(Cl)=C(\Cl)CC)N1CCN(CCCC(=O)c2cc(OC)c(OC)c([N+](=O)[O-])c2)CC1. The Morgan fingerprint density at radius 2 is 1.85 bits per heavy atom. The molecule has 0 unspecified atom stereocenters. The van der Waals surface area contributed by atoms with E-state index in [2.05, 4.69) is 9.80 Å². The van der Waals surface area contributed by atoms with Gasteiger partial charge in [-0.3, -0.25) is 19.8 Å². The van der Waals surface area contributed by atoms with Crippen molar-refractivity contribution in [2.24, 2.45) is 0 Å². The zero-order valence-electron chi connectivity index (χ0n) is 19.5. The number of allylic oxidation sites excluding steroid dienone is 3. The van der Waals surface area contributed by atoms with Gasteiger partial charge in [0.15, 0.2) is 11.5 Å². The summed E-state index contributed by atoms with van der Waals surface area (Å²) in [5.74, 6) is 0.00875. The molecule has 0 atom stereocenters. The van der Waals surface area contributed by atoms with Crippen molar-refractivity contribution in [3.63, 3.8) is 0 Å². The van der Waals surface area contributed by atoms with Crippen LogP contribution in [0.5, 0.6) is 11.5 Å². The van der Waals surface area contributed by atoms with Gasteiger partial charge in [-0.2, -0.15) is 0 Å². The van der Waals surface area contributed by atoms with E-state index >= 15 is 0 Å². The summed E-state index contributed by atoms with van der Waals surface area (Å²) in [5.41, 5.74) is 0.913. The highest BCUT2D eigenvalue weighted by molar-refractivity contribution is 6.40. The second-order valence-electron chi connectivity index (χ2n) is 7.59. The van der Waals surface area contributed by atoms with Gasteiger partial charge in [-0.05, 0) is 32.4 Å². The molecule has 2 rings (SSSR count). The maximum Gasteiger partial charge on any atom is 0.315 e. The number of nitro benzene ring substituents is 1. The molecular formula is C23H31Cl2N3O5. The summed E-state index contributed by atoms with van der Waals surface area (Å²) < 4.78 is 10.3. The van der Waals surface area contributed by atoms with E-state index < -0.39 is 4.92 Å². The monoisotopic (exact) mass is 499 g/mol. The minimum Gasteiger partial charge on any atom is -0.493 e. The van der Waals surface area contributed by atoms with Gasteiger partial charge in [-0.25, -0.2) is 0 Å². The normalized spacial score (nSPS) is 15.8. The largest absolute Gasteiger partial charge is 0.493 e. The van der Waals surface area contributed by atoms with Crippen LogP contribution in [0.15, 0.2) is 34.0 Å². The Labute approximate surface area is 204 Å². The highest BCUT2D eigenvalue weighted by Crippen LogP contribution is 2.38. The maximum atomic E-state index is 12.7. The van der Waals surface area contributed by atoms with Gasteiger partial charge in [-0.15, -0.1) is 0 Å². The van der Waals surface area contributed by atoms with E-state index in [0.717, 1.165) is 38.4 Å². The van der Waals surface area contributed by atoms with Crippen LogP contribution in [0.2, 0.25) is 0 Å². The van der Waals surface area contributed by atoms with Gasteiger partial charge in [0, 0.05) is 49.3 Å². The Hall–Kier alpha value is -2.29. The first-order valence-corrected chi connectivity index (χ1v) is 11.6. The Bertz CT molecular complexity index is 925. The van der Waals surface area contributed by atoms with Crippen molar-refractivity contribution in [1.29, 1.82) is 0 Å². The first-order chi connectivity index (χ1) is 15.8. The average molecular weight is 500 g/mol. The molecule has 1 heterocycles. The van der Waals surface area contributed by atoms with E-state index in [9.17, 15) is 14.9 Å². The van der Waals surface area contributed by atoms with Crippen LogP contribution in [0.3, 0.4) is 0 Å². The van der Waals surface area contributed by atoms with Crippen molar-refractivity contribution in [2.45, 2.75) is 33.1 Å². The Morgan fingerprint density at radius 1 is 1.18 bits per heavy atom. The number of ether oxygens (including phenoxy) is 2. The summed E-state index contributed by atoms with van der Waals surface area (Å²) >= 11 is 12.7. The number of carbonyl (C=O) groups excluding carboxylic acids is 1. The number of Topliss-reactive ketones (excluding diaryl/α,β-unsaturated/α-hetero) is 1. The second kappa shape index (κ2) is 12.8. The summed E-state index contributed by atoms with van der Waals surface area (Å²) in [7, 11) is 2.71. The third-order valence-electron chi connectivity index (χ3n) is 5.62. The summed E-state index contributed by atoms with van der Waals surface area (Å²) in [6, 6.07) is 2.74. The van der Waals surface area contributed by atoms with Crippen molar-refractivity contribution in [3.05, 3.63) is 49.6 Å². The molecule has 1 fully saturated rings.